The van der Waals surface area contributed by atoms with Gasteiger partial charge in [-0.25, -0.2) is 13.8 Å². The van der Waals surface area contributed by atoms with Crippen LogP contribution in [0.1, 0.15) is 25.5 Å². The molecule has 1 fully saturated rings. The Labute approximate surface area is 141 Å². The summed E-state index contributed by atoms with van der Waals surface area (Å²) >= 11 is 0. The van der Waals surface area contributed by atoms with Crippen LogP contribution in [-0.4, -0.2) is 26.1 Å². The number of anilines is 3. The van der Waals surface area contributed by atoms with Crippen LogP contribution in [0, 0.1) is 11.6 Å². The van der Waals surface area contributed by atoms with Crippen LogP contribution in [0.3, 0.4) is 0 Å². The number of hydrogen-bond donors (Lipinski definition) is 2. The van der Waals surface area contributed by atoms with Gasteiger partial charge in [0.1, 0.15) is 6.23 Å². The van der Waals surface area contributed by atoms with Crippen molar-refractivity contribution in [2.75, 3.05) is 17.7 Å². The molecule has 25 heavy (non-hydrogen) atoms. The second-order valence-corrected chi connectivity index (χ2v) is 5.80. The minimum atomic E-state index is -0.997. The van der Waals surface area contributed by atoms with Gasteiger partial charge in [0.25, 0.3) is 0 Å². The smallest absolute Gasteiger partial charge is 0.224 e. The van der Waals surface area contributed by atoms with E-state index >= 15 is 0 Å². The normalized spacial score (nSPS) is 17.8. The number of nitrogen functional groups attached to an aromatic ring is 1. The first-order chi connectivity index (χ1) is 12.1. The monoisotopic (exact) mass is 346 g/mol. The van der Waals surface area contributed by atoms with Crippen molar-refractivity contribution >= 4 is 28.6 Å². The van der Waals surface area contributed by atoms with Gasteiger partial charge in [-0.2, -0.15) is 9.97 Å². The van der Waals surface area contributed by atoms with Crippen molar-refractivity contribution in [1.82, 2.24) is 19.5 Å². The fourth-order valence-corrected chi connectivity index (χ4v) is 2.90. The summed E-state index contributed by atoms with van der Waals surface area (Å²) in [5.74, 6) is -1.74. The number of benzene rings is 1. The molecular formula is C16H16F2N6O. The number of ether oxygens (including phenoxy) is 1. The minimum Gasteiger partial charge on any atom is -0.368 e. The van der Waals surface area contributed by atoms with Crippen molar-refractivity contribution in [3.05, 3.63) is 36.2 Å². The Morgan fingerprint density at radius 2 is 2.12 bits per heavy atom. The zero-order valence-corrected chi connectivity index (χ0v) is 13.2. The highest BCUT2D eigenvalue weighted by atomic mass is 19.2. The fourth-order valence-electron chi connectivity index (χ4n) is 2.90. The predicted molar refractivity (Wildman–Crippen MR) is 88.2 cm³/mol. The highest BCUT2D eigenvalue weighted by Gasteiger charge is 2.21. The number of imidazole rings is 1. The van der Waals surface area contributed by atoms with E-state index in [1.165, 1.54) is 12.1 Å². The van der Waals surface area contributed by atoms with Crippen molar-refractivity contribution in [2.45, 2.75) is 25.5 Å². The van der Waals surface area contributed by atoms with Crippen LogP contribution >= 0.6 is 0 Å². The lowest BCUT2D eigenvalue weighted by Crippen LogP contribution is -2.18. The SMILES string of the molecule is Nc1nc(Nc2cccc(F)c2F)c2ncn(C3CCCCO3)c2n1. The summed E-state index contributed by atoms with van der Waals surface area (Å²) in [4.78, 5) is 12.6. The molecule has 9 heteroatoms. The number of nitrogens with one attached hydrogen (secondary N) is 1. The zero-order valence-electron chi connectivity index (χ0n) is 13.2. The first-order valence-electron chi connectivity index (χ1n) is 7.96. The van der Waals surface area contributed by atoms with Gasteiger partial charge in [-0.3, -0.25) is 4.57 Å². The van der Waals surface area contributed by atoms with E-state index in [1.54, 1.807) is 10.9 Å². The minimum absolute atomic E-state index is 0.00405. The van der Waals surface area contributed by atoms with Gasteiger partial charge >= 0.3 is 0 Å². The lowest BCUT2D eigenvalue weighted by atomic mass is 10.2. The van der Waals surface area contributed by atoms with Crippen LogP contribution in [0.15, 0.2) is 24.5 Å². The molecule has 1 aromatic carbocycles. The van der Waals surface area contributed by atoms with Gasteiger partial charge in [0.15, 0.2) is 28.6 Å². The third kappa shape index (κ3) is 2.86. The Bertz CT molecular complexity index is 922. The molecule has 1 aliphatic heterocycles. The van der Waals surface area contributed by atoms with E-state index in [0.29, 0.717) is 17.8 Å². The molecule has 3 N–H and O–H groups in total. The Hall–Kier alpha value is -2.81. The summed E-state index contributed by atoms with van der Waals surface area (Å²) in [5.41, 5.74) is 6.63. The van der Waals surface area contributed by atoms with E-state index in [9.17, 15) is 8.78 Å². The van der Waals surface area contributed by atoms with Gasteiger partial charge in [-0.15, -0.1) is 0 Å². The molecule has 4 rings (SSSR count). The average molecular weight is 346 g/mol. The quantitative estimate of drug-likeness (QED) is 0.757. The molecule has 2 aromatic heterocycles. The topological polar surface area (TPSA) is 90.9 Å². The molecule has 0 spiro atoms. The number of nitrogens with zero attached hydrogens (tertiary/aromatic N) is 4. The number of aromatic nitrogens is 4. The summed E-state index contributed by atoms with van der Waals surface area (Å²) in [7, 11) is 0. The van der Waals surface area contributed by atoms with Gasteiger partial charge < -0.3 is 15.8 Å². The molecule has 3 aromatic rings. The molecular weight excluding hydrogens is 330 g/mol. The average Bonchev–Trinajstić information content (AvgIpc) is 3.03. The summed E-state index contributed by atoms with van der Waals surface area (Å²) in [6.45, 7) is 0.671. The van der Waals surface area contributed by atoms with E-state index in [0.717, 1.165) is 25.3 Å². The van der Waals surface area contributed by atoms with Crippen LogP contribution in [-0.2, 0) is 4.74 Å². The van der Waals surface area contributed by atoms with Crippen LogP contribution in [0.4, 0.5) is 26.2 Å². The number of nitrogens with two attached hydrogens (primary N) is 1. The highest BCUT2D eigenvalue weighted by molar-refractivity contribution is 5.86. The molecule has 0 radical (unpaired) electrons. The fraction of sp³-hybridized carbons (Fsp3) is 0.312. The Morgan fingerprint density at radius 1 is 1.24 bits per heavy atom. The molecule has 0 saturated carbocycles. The first-order valence-corrected chi connectivity index (χ1v) is 7.96. The highest BCUT2D eigenvalue weighted by Crippen LogP contribution is 2.30. The van der Waals surface area contributed by atoms with Gasteiger partial charge in [0, 0.05) is 6.61 Å². The van der Waals surface area contributed by atoms with Crippen molar-refractivity contribution in [3.63, 3.8) is 0 Å². The summed E-state index contributed by atoms with van der Waals surface area (Å²) in [6, 6.07) is 3.85. The van der Waals surface area contributed by atoms with Crippen LogP contribution in [0.2, 0.25) is 0 Å². The largest absolute Gasteiger partial charge is 0.368 e. The number of rotatable bonds is 3. The Balaban J connectivity index is 1.77. The van der Waals surface area contributed by atoms with Gasteiger partial charge in [-0.05, 0) is 31.4 Å². The number of hydrogen-bond acceptors (Lipinski definition) is 6. The maximum absolute atomic E-state index is 13.9. The van der Waals surface area contributed by atoms with E-state index in [2.05, 4.69) is 20.3 Å². The van der Waals surface area contributed by atoms with Crippen LogP contribution in [0.5, 0.6) is 0 Å². The first kappa shape index (κ1) is 15.7. The predicted octanol–water partition coefficient (Wildman–Crippen LogP) is 3.13. The second-order valence-electron chi connectivity index (χ2n) is 5.80. The van der Waals surface area contributed by atoms with E-state index in [1.807, 2.05) is 0 Å². The van der Waals surface area contributed by atoms with Gasteiger partial charge in [0.2, 0.25) is 5.95 Å². The maximum Gasteiger partial charge on any atom is 0.224 e. The standard InChI is InChI=1S/C16H16F2N6O/c17-9-4-3-5-10(12(9)18)21-14-13-15(23-16(19)22-14)24(8-20-13)11-6-1-2-7-25-11/h3-5,8,11H,1-2,6-7H2,(H3,19,21,22,23). The molecule has 0 bridgehead atoms. The third-order valence-corrected chi connectivity index (χ3v) is 4.11. The molecule has 0 aliphatic carbocycles. The molecule has 1 saturated heterocycles. The Kier molecular flexibility index (Phi) is 3.92. The molecule has 3 heterocycles. The summed E-state index contributed by atoms with van der Waals surface area (Å²) in [5, 5.41) is 2.75. The van der Waals surface area contributed by atoms with Crippen molar-refractivity contribution in [2.24, 2.45) is 0 Å². The van der Waals surface area contributed by atoms with Crippen molar-refractivity contribution in [3.8, 4) is 0 Å². The van der Waals surface area contributed by atoms with Crippen molar-refractivity contribution in [1.29, 1.82) is 0 Å². The van der Waals surface area contributed by atoms with E-state index in [-0.39, 0.29) is 23.7 Å². The van der Waals surface area contributed by atoms with E-state index in [4.69, 9.17) is 10.5 Å². The second kappa shape index (κ2) is 6.25. The van der Waals surface area contributed by atoms with Gasteiger partial charge in [-0.1, -0.05) is 6.07 Å². The van der Waals surface area contributed by atoms with Gasteiger partial charge in [0.05, 0.1) is 12.0 Å². The van der Waals surface area contributed by atoms with Crippen molar-refractivity contribution < 1.29 is 13.5 Å². The molecule has 1 atom stereocenters. The lowest BCUT2D eigenvalue weighted by molar-refractivity contribution is -0.0298. The maximum atomic E-state index is 13.9. The molecule has 7 nitrogen and oxygen atoms in total. The third-order valence-electron chi connectivity index (χ3n) is 4.11. The van der Waals surface area contributed by atoms with E-state index < -0.39 is 11.6 Å². The number of halogens is 2. The summed E-state index contributed by atoms with van der Waals surface area (Å²) in [6.07, 6.45) is 4.33. The summed E-state index contributed by atoms with van der Waals surface area (Å²) < 4.78 is 34.9. The molecule has 0 amide bonds. The Morgan fingerprint density at radius 3 is 2.92 bits per heavy atom. The molecule has 130 valence electrons. The van der Waals surface area contributed by atoms with Crippen LogP contribution < -0.4 is 11.1 Å². The zero-order chi connectivity index (χ0) is 17.4. The number of fused-ring (bicyclic) bond motifs is 1. The molecule has 1 aliphatic rings. The lowest BCUT2D eigenvalue weighted by Gasteiger charge is -2.23. The molecule has 1 unspecified atom stereocenters. The van der Waals surface area contributed by atoms with Crippen LogP contribution in [0.25, 0.3) is 11.2 Å².